The van der Waals surface area contributed by atoms with Gasteiger partial charge in [0.1, 0.15) is 5.92 Å². The molecule has 0 radical (unpaired) electrons. The monoisotopic (exact) mass is 487 g/mol. The maximum absolute atomic E-state index is 13.8. The molecule has 1 aliphatic carbocycles. The smallest absolute Gasteiger partial charge is 0.337 e. The molecule has 0 amide bonds. The number of ether oxygens (including phenoxy) is 5. The molecule has 3 rings (SSSR count). The van der Waals surface area contributed by atoms with Crippen LogP contribution in [0.1, 0.15) is 45.6 Å². The van der Waals surface area contributed by atoms with Gasteiger partial charge in [-0.1, -0.05) is 6.92 Å². The minimum Gasteiger partial charge on any atom is -0.493 e. The summed E-state index contributed by atoms with van der Waals surface area (Å²) in [5.74, 6) is -2.51. The molecule has 1 heterocycles. The second kappa shape index (κ2) is 10.4. The van der Waals surface area contributed by atoms with Crippen molar-refractivity contribution in [1.82, 2.24) is 5.32 Å². The third kappa shape index (κ3) is 4.72. The number of hydrogen-bond acceptors (Lipinski definition) is 9. The third-order valence-electron chi connectivity index (χ3n) is 6.33. The molecular weight excluding hydrogens is 454 g/mol. The van der Waals surface area contributed by atoms with E-state index in [1.54, 1.807) is 32.9 Å². The fourth-order valence-corrected chi connectivity index (χ4v) is 4.83. The number of allylic oxidation sites excluding steroid dienone is 3. The van der Waals surface area contributed by atoms with Crippen molar-refractivity contribution >= 4 is 17.7 Å². The molecule has 2 aliphatic rings. The molecule has 9 heteroatoms. The van der Waals surface area contributed by atoms with Gasteiger partial charge in [-0.15, -0.1) is 0 Å². The summed E-state index contributed by atoms with van der Waals surface area (Å²) in [5, 5.41) is 3.24. The number of carbonyl (C=O) groups excluding carboxylic acids is 3. The Balaban J connectivity index is 2.30. The number of dihydropyridines is 1. The van der Waals surface area contributed by atoms with Gasteiger partial charge in [0, 0.05) is 22.9 Å². The Bertz CT molecular complexity index is 1080. The summed E-state index contributed by atoms with van der Waals surface area (Å²) in [5.41, 5.74) is 2.41. The molecule has 1 aliphatic heterocycles. The molecule has 0 bridgehead atoms. The summed E-state index contributed by atoms with van der Waals surface area (Å²) in [6.45, 7) is 7.11. The van der Waals surface area contributed by atoms with E-state index in [1.165, 1.54) is 28.4 Å². The van der Waals surface area contributed by atoms with Crippen molar-refractivity contribution in [2.24, 2.45) is 11.8 Å². The van der Waals surface area contributed by atoms with Crippen LogP contribution in [0.15, 0.2) is 34.7 Å². The van der Waals surface area contributed by atoms with Gasteiger partial charge in [-0.05, 0) is 50.8 Å². The van der Waals surface area contributed by atoms with Gasteiger partial charge < -0.3 is 29.0 Å². The molecule has 0 spiro atoms. The molecule has 0 saturated heterocycles. The normalized spacial score (nSPS) is 21.9. The van der Waals surface area contributed by atoms with Crippen molar-refractivity contribution in [3.63, 3.8) is 0 Å². The van der Waals surface area contributed by atoms with Crippen LogP contribution in [0.2, 0.25) is 0 Å². The first-order chi connectivity index (χ1) is 16.6. The summed E-state index contributed by atoms with van der Waals surface area (Å²) in [7, 11) is 5.74. The van der Waals surface area contributed by atoms with Crippen LogP contribution in [0, 0.1) is 11.8 Å². The number of ketones is 1. The zero-order valence-electron chi connectivity index (χ0n) is 21.4. The summed E-state index contributed by atoms with van der Waals surface area (Å²) in [6, 6.07) is 3.41. The predicted molar refractivity (Wildman–Crippen MR) is 127 cm³/mol. The van der Waals surface area contributed by atoms with Gasteiger partial charge in [0.05, 0.1) is 40.1 Å². The van der Waals surface area contributed by atoms with Crippen molar-refractivity contribution in [1.29, 1.82) is 0 Å². The molecule has 1 N–H and O–H groups in total. The van der Waals surface area contributed by atoms with Crippen LogP contribution in [0.25, 0.3) is 0 Å². The number of hydrogen-bond donors (Lipinski definition) is 1. The summed E-state index contributed by atoms with van der Waals surface area (Å²) in [6.07, 6.45) is 0.0645. The fourth-order valence-electron chi connectivity index (χ4n) is 4.83. The van der Waals surface area contributed by atoms with Gasteiger partial charge in [0.15, 0.2) is 17.3 Å². The van der Waals surface area contributed by atoms with Crippen LogP contribution in [0.5, 0.6) is 17.2 Å². The zero-order valence-corrected chi connectivity index (χ0v) is 21.4. The first-order valence-corrected chi connectivity index (χ1v) is 11.4. The van der Waals surface area contributed by atoms with Crippen LogP contribution in [-0.4, -0.2) is 52.3 Å². The van der Waals surface area contributed by atoms with E-state index in [2.05, 4.69) is 5.32 Å². The quantitative estimate of drug-likeness (QED) is 0.458. The average Bonchev–Trinajstić information content (AvgIpc) is 2.81. The van der Waals surface area contributed by atoms with Crippen molar-refractivity contribution in [2.45, 2.75) is 46.1 Å². The highest BCUT2D eigenvalue weighted by atomic mass is 16.5. The Kier molecular flexibility index (Phi) is 7.77. The van der Waals surface area contributed by atoms with E-state index < -0.39 is 23.8 Å². The van der Waals surface area contributed by atoms with Crippen molar-refractivity contribution < 1.29 is 38.1 Å². The second-order valence-corrected chi connectivity index (χ2v) is 8.95. The Morgan fingerprint density at radius 3 is 2.11 bits per heavy atom. The molecule has 9 nitrogen and oxygen atoms in total. The van der Waals surface area contributed by atoms with E-state index in [9.17, 15) is 14.4 Å². The number of rotatable bonds is 7. The first kappa shape index (κ1) is 26.1. The van der Waals surface area contributed by atoms with E-state index >= 15 is 0 Å². The zero-order chi connectivity index (χ0) is 26.0. The summed E-state index contributed by atoms with van der Waals surface area (Å²) >= 11 is 0. The first-order valence-electron chi connectivity index (χ1n) is 11.4. The number of methoxy groups -OCH3 is 4. The van der Waals surface area contributed by atoms with Gasteiger partial charge in [0.25, 0.3) is 0 Å². The minimum absolute atomic E-state index is 0.276. The van der Waals surface area contributed by atoms with E-state index in [1.807, 2.05) is 6.92 Å². The topological polar surface area (TPSA) is 109 Å². The lowest BCUT2D eigenvalue weighted by atomic mass is 9.69. The second-order valence-electron chi connectivity index (χ2n) is 8.95. The maximum Gasteiger partial charge on any atom is 0.337 e. The average molecular weight is 488 g/mol. The van der Waals surface area contributed by atoms with Crippen LogP contribution < -0.4 is 19.5 Å². The number of esters is 2. The lowest BCUT2D eigenvalue weighted by Crippen LogP contribution is -2.43. The van der Waals surface area contributed by atoms with Crippen LogP contribution in [0.3, 0.4) is 0 Å². The van der Waals surface area contributed by atoms with Crippen LogP contribution >= 0.6 is 0 Å². The standard InChI is InChI=1S/C26H33NO8/c1-12(2)35-26(30)20-14(4)27-16-9-13(3)19(25(29)34-8)23(28)22(16)21(20)15-10-17(31-5)24(33-7)18(11-15)32-6/h10-13,19,21,27H,9H2,1-8H3/t13-,19+,21-/m1/s1. The molecular formula is C26H33NO8. The van der Waals surface area contributed by atoms with E-state index in [0.717, 1.165) is 0 Å². The number of benzene rings is 1. The molecule has 1 aromatic rings. The number of carbonyl (C=O) groups is 3. The van der Waals surface area contributed by atoms with Crippen molar-refractivity contribution in [3.8, 4) is 17.2 Å². The molecule has 35 heavy (non-hydrogen) atoms. The number of nitrogens with one attached hydrogen (secondary N) is 1. The van der Waals surface area contributed by atoms with E-state index in [0.29, 0.717) is 46.2 Å². The van der Waals surface area contributed by atoms with Crippen LogP contribution in [0.4, 0.5) is 0 Å². The SMILES string of the molecule is COC(=O)[C@@H]1C(=O)C2=C(C[C@H]1C)NC(C)=C(C(=O)OC(C)C)[C@H]2c1cc(OC)c(OC)c(OC)c1. The van der Waals surface area contributed by atoms with Gasteiger partial charge in [0.2, 0.25) is 5.75 Å². The number of Topliss-reactive ketones (excluding diaryl/α,β-unsaturated/α-hetero) is 1. The molecule has 1 aromatic carbocycles. The fraction of sp³-hybridized carbons (Fsp3) is 0.500. The van der Waals surface area contributed by atoms with Gasteiger partial charge in [-0.3, -0.25) is 9.59 Å². The third-order valence-corrected chi connectivity index (χ3v) is 6.33. The van der Waals surface area contributed by atoms with Gasteiger partial charge in [-0.25, -0.2) is 4.79 Å². The Morgan fingerprint density at radius 1 is 1.03 bits per heavy atom. The van der Waals surface area contributed by atoms with Crippen molar-refractivity contribution in [2.75, 3.05) is 28.4 Å². The highest BCUT2D eigenvalue weighted by Gasteiger charge is 2.47. The van der Waals surface area contributed by atoms with Crippen molar-refractivity contribution in [3.05, 3.63) is 40.2 Å². The lowest BCUT2D eigenvalue weighted by Gasteiger charge is -2.38. The summed E-state index contributed by atoms with van der Waals surface area (Å²) < 4.78 is 27.0. The molecule has 0 aromatic heterocycles. The highest BCUT2D eigenvalue weighted by molar-refractivity contribution is 6.12. The molecule has 3 atom stereocenters. The highest BCUT2D eigenvalue weighted by Crippen LogP contribution is 2.49. The Morgan fingerprint density at radius 2 is 1.63 bits per heavy atom. The van der Waals surface area contributed by atoms with Gasteiger partial charge >= 0.3 is 11.9 Å². The van der Waals surface area contributed by atoms with Crippen LogP contribution in [-0.2, 0) is 23.9 Å². The Labute approximate surface area is 205 Å². The van der Waals surface area contributed by atoms with E-state index in [-0.39, 0.29) is 23.4 Å². The molecule has 0 unspecified atom stereocenters. The van der Waals surface area contributed by atoms with Gasteiger partial charge in [-0.2, -0.15) is 0 Å². The molecule has 190 valence electrons. The summed E-state index contributed by atoms with van der Waals surface area (Å²) in [4.78, 5) is 39.7. The van der Waals surface area contributed by atoms with E-state index in [4.69, 9.17) is 23.7 Å². The Hall–Kier alpha value is -3.49. The lowest BCUT2D eigenvalue weighted by molar-refractivity contribution is -0.151. The minimum atomic E-state index is -0.981. The maximum atomic E-state index is 13.8. The molecule has 0 saturated carbocycles. The molecule has 0 fully saturated rings. The largest absolute Gasteiger partial charge is 0.493 e. The predicted octanol–water partition coefficient (Wildman–Crippen LogP) is 3.28.